The quantitative estimate of drug-likeness (QED) is 0.777. The van der Waals surface area contributed by atoms with Gasteiger partial charge in [-0.15, -0.1) is 0 Å². The molecule has 0 radical (unpaired) electrons. The second-order valence-corrected chi connectivity index (χ2v) is 8.53. The van der Waals surface area contributed by atoms with Gasteiger partial charge in [0.05, 0.1) is 17.7 Å². The number of ether oxygens (including phenoxy) is 1. The van der Waals surface area contributed by atoms with Gasteiger partial charge in [0.25, 0.3) is 0 Å². The van der Waals surface area contributed by atoms with E-state index >= 15 is 0 Å². The van der Waals surface area contributed by atoms with Crippen LogP contribution in [0.1, 0.15) is 48.5 Å². The molecule has 0 aliphatic carbocycles. The number of aromatic nitrogens is 2. The van der Waals surface area contributed by atoms with Gasteiger partial charge in [-0.1, -0.05) is 0 Å². The van der Waals surface area contributed by atoms with Crippen molar-refractivity contribution in [2.75, 3.05) is 13.6 Å². The standard InChI is InChI=1S/C17H30BN3O4/c1-15(2,3)23-14(22)20(8)9-10-21-12-13(11-19-21)18-24-16(4,5)17(6,7)25-18/h11-12H,9-10H2,1-8H3. The molecule has 0 bridgehead atoms. The van der Waals surface area contributed by atoms with Gasteiger partial charge in [-0.3, -0.25) is 4.68 Å². The van der Waals surface area contributed by atoms with Crippen molar-refractivity contribution in [3.8, 4) is 0 Å². The van der Waals surface area contributed by atoms with Gasteiger partial charge >= 0.3 is 13.2 Å². The third-order valence-corrected chi connectivity index (χ3v) is 4.55. The van der Waals surface area contributed by atoms with Crippen LogP contribution in [-0.2, 0) is 20.6 Å². The van der Waals surface area contributed by atoms with Gasteiger partial charge in [-0.25, -0.2) is 4.79 Å². The normalized spacial score (nSPS) is 19.1. The molecule has 1 aromatic rings. The third-order valence-electron chi connectivity index (χ3n) is 4.55. The fourth-order valence-electron chi connectivity index (χ4n) is 2.29. The largest absolute Gasteiger partial charge is 0.498 e. The molecule has 0 aromatic carbocycles. The van der Waals surface area contributed by atoms with Gasteiger partial charge in [-0.05, 0) is 48.5 Å². The number of carbonyl (C=O) groups excluding carboxylic acids is 1. The van der Waals surface area contributed by atoms with Crippen LogP contribution >= 0.6 is 0 Å². The second kappa shape index (κ2) is 6.65. The van der Waals surface area contributed by atoms with E-state index in [0.717, 1.165) is 5.46 Å². The molecular formula is C17H30BN3O4. The molecule has 1 aliphatic rings. The highest BCUT2D eigenvalue weighted by molar-refractivity contribution is 6.61. The summed E-state index contributed by atoms with van der Waals surface area (Å²) in [7, 11) is 1.29. The first-order valence-electron chi connectivity index (χ1n) is 8.63. The monoisotopic (exact) mass is 351 g/mol. The van der Waals surface area contributed by atoms with E-state index in [4.69, 9.17) is 14.0 Å². The van der Waals surface area contributed by atoms with Gasteiger partial charge < -0.3 is 18.9 Å². The molecular weight excluding hydrogens is 321 g/mol. The molecule has 2 heterocycles. The number of rotatable bonds is 4. The van der Waals surface area contributed by atoms with E-state index in [2.05, 4.69) is 5.10 Å². The van der Waals surface area contributed by atoms with Crippen molar-refractivity contribution in [1.29, 1.82) is 0 Å². The maximum Gasteiger partial charge on any atom is 0.498 e. The molecule has 1 aromatic heterocycles. The molecule has 0 atom stereocenters. The first-order chi connectivity index (χ1) is 11.3. The average molecular weight is 351 g/mol. The van der Waals surface area contributed by atoms with Gasteiger partial charge in [0.2, 0.25) is 0 Å². The SMILES string of the molecule is CN(CCn1cc(B2OC(C)(C)C(C)(C)O2)cn1)C(=O)OC(C)(C)C. The molecule has 2 rings (SSSR count). The van der Waals surface area contributed by atoms with Crippen LogP contribution in [0.3, 0.4) is 0 Å². The summed E-state index contributed by atoms with van der Waals surface area (Å²) < 4.78 is 19.2. The maximum atomic E-state index is 12.0. The lowest BCUT2D eigenvalue weighted by atomic mass is 9.82. The maximum absolute atomic E-state index is 12.0. The Morgan fingerprint density at radius 2 is 1.84 bits per heavy atom. The van der Waals surface area contributed by atoms with Crippen molar-refractivity contribution in [2.45, 2.75) is 71.8 Å². The molecule has 8 heteroatoms. The van der Waals surface area contributed by atoms with E-state index in [0.29, 0.717) is 13.1 Å². The van der Waals surface area contributed by atoms with Crippen molar-refractivity contribution in [3.63, 3.8) is 0 Å². The van der Waals surface area contributed by atoms with E-state index in [1.165, 1.54) is 0 Å². The summed E-state index contributed by atoms with van der Waals surface area (Å²) in [6.07, 6.45) is 3.30. The molecule has 0 spiro atoms. The minimum Gasteiger partial charge on any atom is -0.444 e. The summed E-state index contributed by atoms with van der Waals surface area (Å²) in [4.78, 5) is 13.5. The molecule has 1 aliphatic heterocycles. The number of hydrogen-bond acceptors (Lipinski definition) is 5. The summed E-state index contributed by atoms with van der Waals surface area (Å²) >= 11 is 0. The zero-order chi connectivity index (χ0) is 19.0. The first-order valence-corrected chi connectivity index (χ1v) is 8.63. The Balaban J connectivity index is 1.91. The Morgan fingerprint density at radius 3 is 2.36 bits per heavy atom. The Bertz CT molecular complexity index is 606. The van der Waals surface area contributed by atoms with Crippen LogP contribution in [0.2, 0.25) is 0 Å². The van der Waals surface area contributed by atoms with Crippen molar-refractivity contribution in [2.24, 2.45) is 0 Å². The predicted octanol–water partition coefficient (Wildman–Crippen LogP) is 2.05. The van der Waals surface area contributed by atoms with E-state index in [-0.39, 0.29) is 17.3 Å². The molecule has 7 nitrogen and oxygen atoms in total. The lowest BCUT2D eigenvalue weighted by molar-refractivity contribution is 0.00578. The molecule has 0 N–H and O–H groups in total. The smallest absolute Gasteiger partial charge is 0.444 e. The van der Waals surface area contributed by atoms with Crippen LogP contribution in [0.25, 0.3) is 0 Å². The fraction of sp³-hybridized carbons (Fsp3) is 0.765. The molecule has 0 unspecified atom stereocenters. The number of amides is 1. The Kier molecular flexibility index (Phi) is 5.26. The van der Waals surface area contributed by atoms with Gasteiger partial charge in [0.15, 0.2) is 0 Å². The van der Waals surface area contributed by atoms with Gasteiger partial charge in [0.1, 0.15) is 5.60 Å². The second-order valence-electron chi connectivity index (χ2n) is 8.53. The number of hydrogen-bond donors (Lipinski definition) is 0. The third kappa shape index (κ3) is 4.76. The highest BCUT2D eigenvalue weighted by atomic mass is 16.7. The molecule has 140 valence electrons. The lowest BCUT2D eigenvalue weighted by Gasteiger charge is -2.32. The van der Waals surface area contributed by atoms with E-state index in [1.807, 2.05) is 54.7 Å². The molecule has 1 saturated heterocycles. The van der Waals surface area contributed by atoms with Crippen molar-refractivity contribution in [1.82, 2.24) is 14.7 Å². The Morgan fingerprint density at radius 1 is 1.28 bits per heavy atom. The molecule has 25 heavy (non-hydrogen) atoms. The molecule has 1 amide bonds. The summed E-state index contributed by atoms with van der Waals surface area (Å²) in [5.74, 6) is 0. The van der Waals surface area contributed by atoms with Crippen molar-refractivity contribution >= 4 is 18.7 Å². The first kappa shape index (κ1) is 19.8. The van der Waals surface area contributed by atoms with Crippen LogP contribution in [-0.4, -0.2) is 58.3 Å². The highest BCUT2D eigenvalue weighted by Gasteiger charge is 2.52. The lowest BCUT2D eigenvalue weighted by Crippen LogP contribution is -2.41. The topological polar surface area (TPSA) is 65.8 Å². The average Bonchev–Trinajstić information content (AvgIpc) is 2.97. The Labute approximate surface area is 150 Å². The summed E-state index contributed by atoms with van der Waals surface area (Å²) in [6, 6.07) is 0. The van der Waals surface area contributed by atoms with Crippen LogP contribution < -0.4 is 5.46 Å². The van der Waals surface area contributed by atoms with Crippen LogP contribution in [0.15, 0.2) is 12.4 Å². The van der Waals surface area contributed by atoms with E-state index in [1.54, 1.807) is 22.8 Å². The zero-order valence-corrected chi connectivity index (χ0v) is 16.6. The Hall–Kier alpha value is -1.54. The van der Waals surface area contributed by atoms with Crippen LogP contribution in [0, 0.1) is 0 Å². The highest BCUT2D eigenvalue weighted by Crippen LogP contribution is 2.36. The van der Waals surface area contributed by atoms with Crippen LogP contribution in [0.4, 0.5) is 4.79 Å². The fourth-order valence-corrected chi connectivity index (χ4v) is 2.29. The molecule has 0 saturated carbocycles. The van der Waals surface area contributed by atoms with Crippen LogP contribution in [0.5, 0.6) is 0 Å². The van der Waals surface area contributed by atoms with Gasteiger partial charge in [-0.2, -0.15) is 5.10 Å². The minimum atomic E-state index is -0.499. The minimum absolute atomic E-state index is 0.342. The molecule has 1 fully saturated rings. The van der Waals surface area contributed by atoms with Crippen molar-refractivity contribution < 1.29 is 18.8 Å². The summed E-state index contributed by atoms with van der Waals surface area (Å²) in [5, 5.41) is 4.34. The number of likely N-dealkylation sites (N-methyl/N-ethyl adjacent to an activating group) is 1. The van der Waals surface area contributed by atoms with Crippen molar-refractivity contribution in [3.05, 3.63) is 12.4 Å². The van der Waals surface area contributed by atoms with Gasteiger partial charge in [0, 0.05) is 31.4 Å². The predicted molar refractivity (Wildman–Crippen MR) is 96.8 cm³/mol. The summed E-state index contributed by atoms with van der Waals surface area (Å²) in [6.45, 7) is 14.7. The van der Waals surface area contributed by atoms with E-state index < -0.39 is 12.7 Å². The van der Waals surface area contributed by atoms with E-state index in [9.17, 15) is 4.79 Å². The summed E-state index contributed by atoms with van der Waals surface area (Å²) in [5.41, 5.74) is -0.382. The zero-order valence-electron chi connectivity index (χ0n) is 16.6. The number of carbonyl (C=O) groups is 1. The number of nitrogens with zero attached hydrogens (tertiary/aromatic N) is 3.